The molecule has 0 atom stereocenters. The van der Waals surface area contributed by atoms with Gasteiger partial charge in [-0.2, -0.15) is 0 Å². The number of aryl methyl sites for hydroxylation is 2. The van der Waals surface area contributed by atoms with Gasteiger partial charge in [-0.25, -0.2) is 4.98 Å². The fourth-order valence-electron chi connectivity index (χ4n) is 4.06. The van der Waals surface area contributed by atoms with E-state index in [1.165, 1.54) is 51.3 Å². The molecule has 0 bridgehead atoms. The molecule has 132 valence electrons. The first-order chi connectivity index (χ1) is 12.7. The molecule has 0 aliphatic carbocycles. The molecule has 1 saturated heterocycles. The van der Waals surface area contributed by atoms with Gasteiger partial charge in [0.05, 0.1) is 23.7 Å². The van der Waals surface area contributed by atoms with Crippen molar-refractivity contribution in [3.8, 4) is 10.6 Å². The quantitative estimate of drug-likeness (QED) is 0.552. The van der Waals surface area contributed by atoms with Crippen LogP contribution in [0.3, 0.4) is 0 Å². The summed E-state index contributed by atoms with van der Waals surface area (Å²) in [5.41, 5.74) is 4.69. The topological polar surface area (TPSA) is 46.1 Å². The molecule has 1 aromatic carbocycles. The normalized spacial score (nSPS) is 15.2. The zero-order valence-electron chi connectivity index (χ0n) is 15.2. The molecule has 0 spiro atoms. The lowest BCUT2D eigenvalue weighted by Gasteiger charge is -2.23. The van der Waals surface area contributed by atoms with Gasteiger partial charge in [-0.1, -0.05) is 18.2 Å². The molecule has 2 N–H and O–H groups in total. The third-order valence-electron chi connectivity index (χ3n) is 5.38. The van der Waals surface area contributed by atoms with Crippen molar-refractivity contribution >= 4 is 38.3 Å². The van der Waals surface area contributed by atoms with E-state index >= 15 is 0 Å². The number of nitrogens with one attached hydrogen (secondary N) is 2. The lowest BCUT2D eigenvalue weighted by molar-refractivity contribution is -0.377. The highest BCUT2D eigenvalue weighted by Crippen LogP contribution is 2.39. The van der Waals surface area contributed by atoms with E-state index in [1.807, 2.05) is 18.3 Å². The first kappa shape index (κ1) is 15.8. The molecule has 1 aliphatic heterocycles. The number of hydrogen-bond acceptors (Lipinski definition) is 3. The number of aromatic nitrogens is 3. The SMILES string of the molecule is Cc1nc2cc(-c3sc4ccccc4c3C)[nH]c2c(N2CCCCC2)[nH+]1. The van der Waals surface area contributed by atoms with Crippen LogP contribution in [0.5, 0.6) is 0 Å². The van der Waals surface area contributed by atoms with Crippen molar-refractivity contribution in [2.24, 2.45) is 0 Å². The number of H-pyrrole nitrogens is 2. The minimum atomic E-state index is 0.969. The van der Waals surface area contributed by atoms with Crippen molar-refractivity contribution in [2.75, 3.05) is 18.0 Å². The lowest BCUT2D eigenvalue weighted by atomic mass is 10.1. The molecule has 4 heterocycles. The second-order valence-electron chi connectivity index (χ2n) is 7.21. The van der Waals surface area contributed by atoms with Crippen LogP contribution < -0.4 is 9.88 Å². The molecule has 26 heavy (non-hydrogen) atoms. The van der Waals surface area contributed by atoms with Gasteiger partial charge in [0.25, 0.3) is 0 Å². The largest absolute Gasteiger partial charge is 0.346 e. The van der Waals surface area contributed by atoms with Gasteiger partial charge in [0.15, 0.2) is 11.0 Å². The van der Waals surface area contributed by atoms with Crippen LogP contribution >= 0.6 is 11.3 Å². The van der Waals surface area contributed by atoms with Gasteiger partial charge in [-0.15, -0.1) is 16.3 Å². The summed E-state index contributed by atoms with van der Waals surface area (Å²) in [7, 11) is 0. The number of piperidine rings is 1. The van der Waals surface area contributed by atoms with E-state index in [9.17, 15) is 0 Å². The zero-order valence-corrected chi connectivity index (χ0v) is 16.0. The number of hydrogen-bond donors (Lipinski definition) is 1. The van der Waals surface area contributed by atoms with Crippen LogP contribution in [-0.4, -0.2) is 23.1 Å². The maximum absolute atomic E-state index is 4.75. The van der Waals surface area contributed by atoms with Crippen LogP contribution in [0.1, 0.15) is 30.7 Å². The minimum absolute atomic E-state index is 0.969. The molecule has 0 amide bonds. The maximum Gasteiger partial charge on any atom is 0.249 e. The average Bonchev–Trinajstić information content (AvgIpc) is 3.23. The number of nitrogens with zero attached hydrogens (tertiary/aromatic N) is 2. The van der Waals surface area contributed by atoms with Gasteiger partial charge in [0.1, 0.15) is 0 Å². The fraction of sp³-hybridized carbons (Fsp3) is 0.333. The summed E-state index contributed by atoms with van der Waals surface area (Å²) in [5.74, 6) is 2.16. The van der Waals surface area contributed by atoms with Crippen LogP contribution in [-0.2, 0) is 0 Å². The average molecular weight is 364 g/mol. The Hall–Kier alpha value is -2.40. The van der Waals surface area contributed by atoms with Crippen LogP contribution in [0.2, 0.25) is 0 Å². The maximum atomic E-state index is 4.75. The molecular weight excluding hydrogens is 340 g/mol. The van der Waals surface area contributed by atoms with Crippen molar-refractivity contribution in [3.05, 3.63) is 41.7 Å². The summed E-state index contributed by atoms with van der Waals surface area (Å²) in [6.07, 6.45) is 3.86. The number of benzene rings is 1. The molecule has 4 aromatic rings. The van der Waals surface area contributed by atoms with Crippen LogP contribution in [0, 0.1) is 13.8 Å². The molecule has 0 saturated carbocycles. The Morgan fingerprint density at radius 3 is 2.73 bits per heavy atom. The molecule has 0 unspecified atom stereocenters. The first-order valence-electron chi connectivity index (χ1n) is 9.37. The molecule has 4 nitrogen and oxygen atoms in total. The van der Waals surface area contributed by atoms with Crippen molar-refractivity contribution in [2.45, 2.75) is 33.1 Å². The number of anilines is 1. The Labute approximate surface area is 156 Å². The van der Waals surface area contributed by atoms with Gasteiger partial charge in [-0.05, 0) is 43.2 Å². The van der Waals surface area contributed by atoms with E-state index in [0.717, 1.165) is 29.9 Å². The van der Waals surface area contributed by atoms with E-state index < -0.39 is 0 Å². The molecule has 5 heteroatoms. The van der Waals surface area contributed by atoms with Gasteiger partial charge in [0.2, 0.25) is 11.6 Å². The molecular formula is C21H23N4S+. The Balaban J connectivity index is 1.68. The van der Waals surface area contributed by atoms with E-state index in [2.05, 4.69) is 52.1 Å². The minimum Gasteiger partial charge on any atom is -0.346 e. The predicted octanol–water partition coefficient (Wildman–Crippen LogP) is 4.87. The van der Waals surface area contributed by atoms with Gasteiger partial charge < -0.3 is 4.98 Å². The van der Waals surface area contributed by atoms with Crippen molar-refractivity contribution in [1.29, 1.82) is 0 Å². The number of fused-ring (bicyclic) bond motifs is 2. The highest BCUT2D eigenvalue weighted by molar-refractivity contribution is 7.22. The second-order valence-corrected chi connectivity index (χ2v) is 8.27. The van der Waals surface area contributed by atoms with Gasteiger partial charge in [-0.3, -0.25) is 4.90 Å². The number of aromatic amines is 2. The monoisotopic (exact) mass is 363 g/mol. The van der Waals surface area contributed by atoms with Gasteiger partial charge >= 0.3 is 0 Å². The van der Waals surface area contributed by atoms with Crippen molar-refractivity contribution < 1.29 is 4.98 Å². The summed E-state index contributed by atoms with van der Waals surface area (Å²) in [4.78, 5) is 15.7. The smallest absolute Gasteiger partial charge is 0.249 e. The fourth-order valence-corrected chi connectivity index (χ4v) is 5.24. The van der Waals surface area contributed by atoms with Crippen LogP contribution in [0.25, 0.3) is 31.7 Å². The summed E-state index contributed by atoms with van der Waals surface area (Å²) >= 11 is 1.86. The second kappa shape index (κ2) is 6.09. The van der Waals surface area contributed by atoms with E-state index in [-0.39, 0.29) is 0 Å². The van der Waals surface area contributed by atoms with E-state index in [1.54, 1.807) is 0 Å². The van der Waals surface area contributed by atoms with Crippen LogP contribution in [0.4, 0.5) is 5.82 Å². The summed E-state index contributed by atoms with van der Waals surface area (Å²) < 4.78 is 1.34. The standard InChI is InChI=1S/C21H22N4S/c1-13-15-8-4-5-9-18(15)26-20(13)17-12-16-19(24-17)21(23-14(2)22-16)25-10-6-3-7-11-25/h4-5,8-9,12,24H,3,6-7,10-11H2,1-2H3/p+1. The summed E-state index contributed by atoms with van der Waals surface area (Å²) in [6.45, 7) is 6.50. The van der Waals surface area contributed by atoms with Crippen molar-refractivity contribution in [3.63, 3.8) is 0 Å². The molecule has 1 aliphatic rings. The van der Waals surface area contributed by atoms with Crippen molar-refractivity contribution in [1.82, 2.24) is 9.97 Å². The Bertz CT molecular complexity index is 1100. The third-order valence-corrected chi connectivity index (χ3v) is 6.69. The molecule has 3 aromatic heterocycles. The predicted molar refractivity (Wildman–Crippen MR) is 109 cm³/mol. The van der Waals surface area contributed by atoms with Gasteiger partial charge in [0, 0.05) is 17.7 Å². The van der Waals surface area contributed by atoms with E-state index in [0.29, 0.717) is 0 Å². The summed E-state index contributed by atoms with van der Waals surface area (Å²) in [6, 6.07) is 10.9. The Morgan fingerprint density at radius 2 is 1.92 bits per heavy atom. The lowest BCUT2D eigenvalue weighted by Crippen LogP contribution is -2.35. The van der Waals surface area contributed by atoms with Crippen LogP contribution in [0.15, 0.2) is 30.3 Å². The summed E-state index contributed by atoms with van der Waals surface area (Å²) in [5, 5.41) is 1.35. The number of rotatable bonds is 2. The molecule has 1 fully saturated rings. The highest BCUT2D eigenvalue weighted by Gasteiger charge is 2.24. The Morgan fingerprint density at radius 1 is 1.12 bits per heavy atom. The molecule has 0 radical (unpaired) electrons. The number of thiophene rings is 1. The highest BCUT2D eigenvalue weighted by atomic mass is 32.1. The Kier molecular flexibility index (Phi) is 3.71. The first-order valence-corrected chi connectivity index (χ1v) is 10.2. The molecule has 5 rings (SSSR count). The van der Waals surface area contributed by atoms with E-state index in [4.69, 9.17) is 4.98 Å². The third kappa shape index (κ3) is 2.50. The zero-order chi connectivity index (χ0) is 17.7.